The Bertz CT molecular complexity index is 833. The Morgan fingerprint density at radius 1 is 0.875 bits per heavy atom. The molecule has 0 saturated heterocycles. The van der Waals surface area contributed by atoms with Crippen LogP contribution < -0.4 is 16.8 Å². The molecule has 0 amide bonds. The van der Waals surface area contributed by atoms with Gasteiger partial charge in [-0.1, -0.05) is 36.4 Å². The van der Waals surface area contributed by atoms with Crippen LogP contribution in [0.2, 0.25) is 0 Å². The second-order valence-electron chi connectivity index (χ2n) is 5.33. The van der Waals surface area contributed by atoms with Crippen molar-refractivity contribution in [3.8, 4) is 0 Å². The van der Waals surface area contributed by atoms with E-state index in [1.165, 1.54) is 0 Å². The predicted molar refractivity (Wildman–Crippen MR) is 102 cm³/mol. The third-order valence-corrected chi connectivity index (χ3v) is 3.52. The summed E-state index contributed by atoms with van der Waals surface area (Å²) in [5, 5.41) is 3.33. The third kappa shape index (κ3) is 3.89. The van der Waals surface area contributed by atoms with Crippen LogP contribution in [0.25, 0.3) is 0 Å². The van der Waals surface area contributed by atoms with Crippen molar-refractivity contribution in [2.45, 2.75) is 6.04 Å². The molecule has 120 valence electrons. The molecule has 0 fully saturated rings. The van der Waals surface area contributed by atoms with Crippen molar-refractivity contribution in [3.63, 3.8) is 0 Å². The smallest absolute Gasteiger partial charge is 0.0859 e. The average molecular weight is 317 g/mol. The zero-order valence-electron chi connectivity index (χ0n) is 13.1. The quantitative estimate of drug-likeness (QED) is 0.596. The van der Waals surface area contributed by atoms with Crippen LogP contribution in [0.3, 0.4) is 0 Å². The normalized spacial score (nSPS) is 17.2. The summed E-state index contributed by atoms with van der Waals surface area (Å²) in [6.07, 6.45) is 9.50. The van der Waals surface area contributed by atoms with E-state index in [0.717, 1.165) is 17.1 Å². The van der Waals surface area contributed by atoms with E-state index in [0.29, 0.717) is 11.4 Å². The second kappa shape index (κ2) is 7.28. The average Bonchev–Trinajstić information content (AvgIpc) is 2.61. The highest BCUT2D eigenvalue weighted by molar-refractivity contribution is 5.85. The molecule has 1 aliphatic heterocycles. The first kappa shape index (κ1) is 15.6. The Balaban J connectivity index is 1.67. The standard InChI is InChI=1S/C19H19N5/c20-16-8-1-3-10-18(16)22-12-14-6-5-7-15(24-14)13-23-19-11-4-2-9-17(19)21/h1-14,24H,20-21H2. The van der Waals surface area contributed by atoms with Gasteiger partial charge in [-0.05, 0) is 30.3 Å². The van der Waals surface area contributed by atoms with Crippen molar-refractivity contribution in [2.75, 3.05) is 11.5 Å². The molecular formula is C19H19N5. The van der Waals surface area contributed by atoms with E-state index in [1.807, 2.05) is 73.0 Å². The number of nitrogens with zero attached hydrogens (tertiary/aromatic N) is 2. The Morgan fingerprint density at radius 3 is 2.17 bits per heavy atom. The van der Waals surface area contributed by atoms with E-state index >= 15 is 0 Å². The van der Waals surface area contributed by atoms with Crippen LogP contribution in [-0.4, -0.2) is 18.5 Å². The fourth-order valence-electron chi connectivity index (χ4n) is 2.24. The molecule has 1 heterocycles. The molecule has 0 bridgehead atoms. The molecule has 0 spiro atoms. The summed E-state index contributed by atoms with van der Waals surface area (Å²) in [5.41, 5.74) is 15.5. The molecule has 5 heteroatoms. The van der Waals surface area contributed by atoms with Crippen molar-refractivity contribution in [1.29, 1.82) is 0 Å². The van der Waals surface area contributed by atoms with Gasteiger partial charge >= 0.3 is 0 Å². The molecule has 0 aliphatic carbocycles. The Morgan fingerprint density at radius 2 is 1.50 bits per heavy atom. The van der Waals surface area contributed by atoms with Gasteiger partial charge in [0, 0.05) is 6.21 Å². The maximum absolute atomic E-state index is 5.89. The summed E-state index contributed by atoms with van der Waals surface area (Å²) in [6, 6.07) is 15.0. The molecule has 0 radical (unpaired) electrons. The van der Waals surface area contributed by atoms with Crippen molar-refractivity contribution in [2.24, 2.45) is 9.98 Å². The summed E-state index contributed by atoms with van der Waals surface area (Å²) < 4.78 is 0. The van der Waals surface area contributed by atoms with Gasteiger partial charge in [0.15, 0.2) is 0 Å². The van der Waals surface area contributed by atoms with Crippen LogP contribution in [0.5, 0.6) is 0 Å². The number of dihydropyridines is 1. The van der Waals surface area contributed by atoms with Gasteiger partial charge < -0.3 is 16.8 Å². The molecule has 1 atom stereocenters. The highest BCUT2D eigenvalue weighted by Gasteiger charge is 2.06. The number of para-hydroxylation sites is 4. The number of nitrogens with one attached hydrogen (secondary N) is 1. The Hall–Kier alpha value is -3.34. The van der Waals surface area contributed by atoms with Crippen LogP contribution in [0, 0.1) is 0 Å². The first-order valence-electron chi connectivity index (χ1n) is 7.65. The van der Waals surface area contributed by atoms with Crippen LogP contribution in [0.1, 0.15) is 0 Å². The lowest BCUT2D eigenvalue weighted by Gasteiger charge is -2.15. The fourth-order valence-corrected chi connectivity index (χ4v) is 2.24. The van der Waals surface area contributed by atoms with E-state index in [4.69, 9.17) is 11.5 Å². The number of allylic oxidation sites excluding steroid dienone is 3. The van der Waals surface area contributed by atoms with Crippen molar-refractivity contribution in [1.82, 2.24) is 5.32 Å². The molecule has 5 nitrogen and oxygen atoms in total. The molecule has 24 heavy (non-hydrogen) atoms. The van der Waals surface area contributed by atoms with Gasteiger partial charge in [0.05, 0.1) is 40.7 Å². The summed E-state index contributed by atoms with van der Waals surface area (Å²) in [5.74, 6) is 0. The number of anilines is 2. The monoisotopic (exact) mass is 317 g/mol. The van der Waals surface area contributed by atoms with Gasteiger partial charge in [-0.25, -0.2) is 0 Å². The number of hydrogen-bond acceptors (Lipinski definition) is 5. The molecule has 2 aromatic carbocycles. The van der Waals surface area contributed by atoms with Gasteiger partial charge in [-0.15, -0.1) is 0 Å². The third-order valence-electron chi connectivity index (χ3n) is 3.52. The highest BCUT2D eigenvalue weighted by atomic mass is 15.0. The summed E-state index contributed by atoms with van der Waals surface area (Å²) in [6.45, 7) is 0. The first-order valence-corrected chi connectivity index (χ1v) is 7.65. The summed E-state index contributed by atoms with van der Waals surface area (Å²) in [7, 11) is 0. The fraction of sp³-hybridized carbons (Fsp3) is 0.0526. The lowest BCUT2D eigenvalue weighted by atomic mass is 10.2. The maximum atomic E-state index is 5.89. The molecule has 2 aromatic rings. The topological polar surface area (TPSA) is 88.8 Å². The number of nitrogens with two attached hydrogens (primary N) is 2. The lowest BCUT2D eigenvalue weighted by Crippen LogP contribution is -2.30. The molecular weight excluding hydrogens is 298 g/mol. The van der Waals surface area contributed by atoms with E-state index in [2.05, 4.69) is 15.3 Å². The molecule has 5 N–H and O–H groups in total. The summed E-state index contributed by atoms with van der Waals surface area (Å²) in [4.78, 5) is 8.86. The lowest BCUT2D eigenvalue weighted by molar-refractivity contribution is 0.854. The van der Waals surface area contributed by atoms with Crippen LogP contribution in [0.15, 0.2) is 82.4 Å². The van der Waals surface area contributed by atoms with Crippen molar-refractivity contribution >= 4 is 35.2 Å². The predicted octanol–water partition coefficient (Wildman–Crippen LogP) is 3.37. The minimum Gasteiger partial charge on any atom is -0.397 e. The Labute approximate surface area is 141 Å². The zero-order chi connectivity index (χ0) is 16.8. The van der Waals surface area contributed by atoms with Gasteiger partial charge in [0.25, 0.3) is 0 Å². The largest absolute Gasteiger partial charge is 0.397 e. The number of hydrogen-bond donors (Lipinski definition) is 3. The van der Waals surface area contributed by atoms with Crippen LogP contribution >= 0.6 is 0 Å². The van der Waals surface area contributed by atoms with E-state index < -0.39 is 0 Å². The zero-order valence-corrected chi connectivity index (χ0v) is 13.1. The number of rotatable bonds is 4. The van der Waals surface area contributed by atoms with E-state index in [1.54, 1.807) is 6.21 Å². The van der Waals surface area contributed by atoms with E-state index in [-0.39, 0.29) is 6.04 Å². The number of aliphatic imine (C=N–C) groups is 2. The maximum Gasteiger partial charge on any atom is 0.0859 e. The molecule has 0 aromatic heterocycles. The molecule has 1 unspecified atom stereocenters. The molecule has 0 saturated carbocycles. The number of nitrogen functional groups attached to an aromatic ring is 2. The minimum atomic E-state index is -0.0239. The van der Waals surface area contributed by atoms with Crippen LogP contribution in [0.4, 0.5) is 22.7 Å². The van der Waals surface area contributed by atoms with Gasteiger partial charge in [-0.2, -0.15) is 0 Å². The second-order valence-corrected chi connectivity index (χ2v) is 5.33. The molecule has 1 aliphatic rings. The van der Waals surface area contributed by atoms with E-state index in [9.17, 15) is 0 Å². The minimum absolute atomic E-state index is 0.0239. The van der Waals surface area contributed by atoms with Gasteiger partial charge in [-0.3, -0.25) is 9.98 Å². The first-order chi connectivity index (χ1) is 11.7. The SMILES string of the molecule is Nc1ccccc1N=CC1=CC=CC(C=Nc2ccccc2N)N1. The molecule has 3 rings (SSSR count). The van der Waals surface area contributed by atoms with Crippen molar-refractivity contribution in [3.05, 3.63) is 72.5 Å². The van der Waals surface area contributed by atoms with Crippen LogP contribution in [-0.2, 0) is 0 Å². The van der Waals surface area contributed by atoms with Crippen molar-refractivity contribution < 1.29 is 0 Å². The highest BCUT2D eigenvalue weighted by Crippen LogP contribution is 2.21. The number of benzene rings is 2. The summed E-state index contributed by atoms with van der Waals surface area (Å²) >= 11 is 0. The Kier molecular flexibility index (Phi) is 4.72. The van der Waals surface area contributed by atoms with Gasteiger partial charge in [0.2, 0.25) is 0 Å². The van der Waals surface area contributed by atoms with Gasteiger partial charge in [0.1, 0.15) is 0 Å².